The Morgan fingerprint density at radius 2 is 1.61 bits per heavy atom. The topological polar surface area (TPSA) is 72.9 Å². The Kier molecular flexibility index (Phi) is 8.00. The normalized spacial score (nSPS) is 16.0. The van der Waals surface area contributed by atoms with Crippen molar-refractivity contribution in [3.05, 3.63) is 89.7 Å². The Morgan fingerprint density at radius 3 is 2.22 bits per heavy atom. The van der Waals surface area contributed by atoms with E-state index in [1.165, 1.54) is 17.0 Å². The fraction of sp³-hybridized carbons (Fsp3) is 0.250. The second kappa shape index (κ2) is 11.4. The van der Waals surface area contributed by atoms with Gasteiger partial charge in [0.05, 0.1) is 5.92 Å². The van der Waals surface area contributed by atoms with Crippen LogP contribution in [0.5, 0.6) is 11.5 Å². The van der Waals surface area contributed by atoms with E-state index in [1.807, 2.05) is 31.2 Å². The molecule has 1 amide bonds. The molecule has 1 saturated heterocycles. The van der Waals surface area contributed by atoms with E-state index < -0.39 is 29.6 Å². The third kappa shape index (κ3) is 6.10. The first-order chi connectivity index (χ1) is 17.3. The van der Waals surface area contributed by atoms with Crippen molar-refractivity contribution in [2.24, 2.45) is 5.92 Å². The van der Waals surface area contributed by atoms with Crippen molar-refractivity contribution in [1.82, 2.24) is 0 Å². The van der Waals surface area contributed by atoms with Gasteiger partial charge in [0.2, 0.25) is 11.7 Å². The number of hydrogen-bond donors (Lipinski definition) is 0. The zero-order valence-corrected chi connectivity index (χ0v) is 20.4. The number of Topliss-reactive ketones (excluding diaryl/α,β-unsaturated/α-hetero) is 1. The summed E-state index contributed by atoms with van der Waals surface area (Å²) in [4.78, 5) is 39.8. The standard InChI is InChI=1S/C28H25ClFNO5/c1-18-2-10-23(11-3-18)35-24-12-8-22(9-13-24)31-17-20(16-26(31)32)28(34)36-25(14-15-29)27(33)19-4-6-21(30)7-5-19/h2-13,20,25H,14-17H2,1H3/t20-,25+/m0/s1. The molecular weight excluding hydrogens is 485 g/mol. The van der Waals surface area contributed by atoms with Crippen LogP contribution < -0.4 is 9.64 Å². The molecule has 0 N–H and O–H groups in total. The number of ketones is 1. The van der Waals surface area contributed by atoms with Crippen molar-refractivity contribution in [1.29, 1.82) is 0 Å². The summed E-state index contributed by atoms with van der Waals surface area (Å²) in [6, 6.07) is 19.7. The van der Waals surface area contributed by atoms with Crippen LogP contribution in [0.1, 0.15) is 28.8 Å². The van der Waals surface area contributed by atoms with Gasteiger partial charge in [-0.3, -0.25) is 14.4 Å². The zero-order valence-electron chi connectivity index (χ0n) is 19.7. The highest BCUT2D eigenvalue weighted by Gasteiger charge is 2.38. The molecule has 1 aliphatic rings. The lowest BCUT2D eigenvalue weighted by Gasteiger charge is -2.19. The van der Waals surface area contributed by atoms with Crippen LogP contribution in [0.15, 0.2) is 72.8 Å². The minimum Gasteiger partial charge on any atom is -0.457 e. The van der Waals surface area contributed by atoms with Gasteiger partial charge in [0.1, 0.15) is 17.3 Å². The van der Waals surface area contributed by atoms with Gasteiger partial charge in [-0.15, -0.1) is 11.6 Å². The van der Waals surface area contributed by atoms with Crippen LogP contribution >= 0.6 is 11.6 Å². The van der Waals surface area contributed by atoms with E-state index in [1.54, 1.807) is 24.3 Å². The molecule has 6 nitrogen and oxygen atoms in total. The molecule has 186 valence electrons. The highest BCUT2D eigenvalue weighted by Crippen LogP contribution is 2.30. The molecule has 2 atom stereocenters. The number of ether oxygens (including phenoxy) is 2. The molecule has 0 aliphatic carbocycles. The first kappa shape index (κ1) is 25.4. The number of rotatable bonds is 9. The summed E-state index contributed by atoms with van der Waals surface area (Å²) in [6.07, 6.45) is -1.03. The van der Waals surface area contributed by atoms with Gasteiger partial charge in [0, 0.05) is 36.5 Å². The molecule has 8 heteroatoms. The summed E-state index contributed by atoms with van der Waals surface area (Å²) in [6.45, 7) is 2.13. The van der Waals surface area contributed by atoms with Crippen LogP contribution in [0.3, 0.4) is 0 Å². The first-order valence-electron chi connectivity index (χ1n) is 11.5. The molecule has 0 saturated carbocycles. The summed E-state index contributed by atoms with van der Waals surface area (Å²) < 4.78 is 24.5. The molecule has 4 rings (SSSR count). The Labute approximate surface area is 213 Å². The molecule has 1 aliphatic heterocycles. The van der Waals surface area contributed by atoms with Gasteiger partial charge in [-0.1, -0.05) is 17.7 Å². The maximum Gasteiger partial charge on any atom is 0.312 e. The third-order valence-electron chi connectivity index (χ3n) is 5.91. The minimum atomic E-state index is -1.11. The molecule has 0 unspecified atom stereocenters. The van der Waals surface area contributed by atoms with Gasteiger partial charge in [-0.25, -0.2) is 4.39 Å². The Balaban J connectivity index is 1.39. The van der Waals surface area contributed by atoms with Crippen molar-refractivity contribution in [3.8, 4) is 11.5 Å². The number of alkyl halides is 1. The van der Waals surface area contributed by atoms with Crippen LogP contribution in [0.4, 0.5) is 10.1 Å². The third-order valence-corrected chi connectivity index (χ3v) is 6.13. The number of carbonyl (C=O) groups is 3. The number of benzene rings is 3. The molecule has 0 spiro atoms. The average molecular weight is 510 g/mol. The molecule has 0 radical (unpaired) electrons. The van der Waals surface area contributed by atoms with Crippen molar-refractivity contribution in [3.63, 3.8) is 0 Å². The molecule has 0 aromatic heterocycles. The number of halogens is 2. The van der Waals surface area contributed by atoms with Gasteiger partial charge in [-0.2, -0.15) is 0 Å². The highest BCUT2D eigenvalue weighted by molar-refractivity contribution is 6.18. The summed E-state index contributed by atoms with van der Waals surface area (Å²) in [5.74, 6) is -1.11. The van der Waals surface area contributed by atoms with Crippen LogP contribution in [0.2, 0.25) is 0 Å². The maximum atomic E-state index is 13.2. The quantitative estimate of drug-likeness (QED) is 0.210. The van der Waals surface area contributed by atoms with Gasteiger partial charge >= 0.3 is 5.97 Å². The van der Waals surface area contributed by atoms with E-state index in [0.29, 0.717) is 17.2 Å². The molecular formula is C28H25ClFNO5. The van der Waals surface area contributed by atoms with E-state index in [2.05, 4.69) is 0 Å². The number of esters is 1. The van der Waals surface area contributed by atoms with E-state index in [0.717, 1.165) is 17.7 Å². The molecule has 0 bridgehead atoms. The second-order valence-electron chi connectivity index (χ2n) is 8.59. The van der Waals surface area contributed by atoms with Crippen LogP contribution in [-0.2, 0) is 14.3 Å². The van der Waals surface area contributed by atoms with Crippen molar-refractivity contribution < 1.29 is 28.2 Å². The predicted molar refractivity (Wildman–Crippen MR) is 134 cm³/mol. The predicted octanol–water partition coefficient (Wildman–Crippen LogP) is 5.70. The van der Waals surface area contributed by atoms with Crippen molar-refractivity contribution in [2.45, 2.75) is 25.9 Å². The maximum absolute atomic E-state index is 13.2. The van der Waals surface area contributed by atoms with E-state index >= 15 is 0 Å². The van der Waals surface area contributed by atoms with E-state index in [4.69, 9.17) is 21.1 Å². The van der Waals surface area contributed by atoms with Crippen LogP contribution in [0.25, 0.3) is 0 Å². The number of hydrogen-bond acceptors (Lipinski definition) is 5. The van der Waals surface area contributed by atoms with Gasteiger partial charge in [0.15, 0.2) is 6.10 Å². The van der Waals surface area contributed by atoms with Crippen LogP contribution in [-0.4, -0.2) is 36.2 Å². The lowest BCUT2D eigenvalue weighted by molar-refractivity contribution is -0.151. The smallest absolute Gasteiger partial charge is 0.312 e. The lowest BCUT2D eigenvalue weighted by atomic mass is 10.0. The fourth-order valence-electron chi connectivity index (χ4n) is 3.93. The number of carbonyl (C=O) groups excluding carboxylic acids is 3. The minimum absolute atomic E-state index is 0.0290. The monoisotopic (exact) mass is 509 g/mol. The highest BCUT2D eigenvalue weighted by atomic mass is 35.5. The number of anilines is 1. The van der Waals surface area contributed by atoms with Crippen LogP contribution in [0, 0.1) is 18.7 Å². The number of amides is 1. The average Bonchev–Trinajstić information content (AvgIpc) is 3.27. The van der Waals surface area contributed by atoms with Gasteiger partial charge in [0.25, 0.3) is 0 Å². The lowest BCUT2D eigenvalue weighted by Crippen LogP contribution is -2.32. The summed E-state index contributed by atoms with van der Waals surface area (Å²) in [5.41, 5.74) is 1.98. The Bertz CT molecular complexity index is 1230. The number of nitrogens with zero attached hydrogens (tertiary/aromatic N) is 1. The van der Waals surface area contributed by atoms with Crippen molar-refractivity contribution >= 4 is 34.9 Å². The second-order valence-corrected chi connectivity index (χ2v) is 8.97. The summed E-state index contributed by atoms with van der Waals surface area (Å²) in [7, 11) is 0. The molecule has 3 aromatic rings. The van der Waals surface area contributed by atoms with Gasteiger partial charge < -0.3 is 14.4 Å². The Morgan fingerprint density at radius 1 is 1.00 bits per heavy atom. The fourth-order valence-corrected chi connectivity index (χ4v) is 4.13. The molecule has 1 heterocycles. The molecule has 3 aromatic carbocycles. The SMILES string of the molecule is Cc1ccc(Oc2ccc(N3C[C@@H](C(=O)O[C@H](CCCl)C(=O)c4ccc(F)cc4)CC3=O)cc2)cc1. The largest absolute Gasteiger partial charge is 0.457 e. The molecule has 1 fully saturated rings. The number of aryl methyl sites for hydroxylation is 1. The van der Waals surface area contributed by atoms with Crippen molar-refractivity contribution in [2.75, 3.05) is 17.3 Å². The zero-order chi connectivity index (χ0) is 25.7. The van der Waals surface area contributed by atoms with Gasteiger partial charge in [-0.05, 0) is 67.6 Å². The van der Waals surface area contributed by atoms with E-state index in [9.17, 15) is 18.8 Å². The molecule has 36 heavy (non-hydrogen) atoms. The first-order valence-corrected chi connectivity index (χ1v) is 12.1. The summed E-state index contributed by atoms with van der Waals surface area (Å²) in [5, 5.41) is 0. The Hall–Kier alpha value is -3.71. The summed E-state index contributed by atoms with van der Waals surface area (Å²) >= 11 is 5.82. The van der Waals surface area contributed by atoms with E-state index in [-0.39, 0.29) is 36.7 Å².